The highest BCUT2D eigenvalue weighted by Gasteiger charge is 2.54. The first-order valence-corrected chi connectivity index (χ1v) is 26.6. The minimum atomic E-state index is -3.14. The summed E-state index contributed by atoms with van der Waals surface area (Å²) in [6, 6.07) is 86.6. The number of pyridine rings is 1. The Morgan fingerprint density at radius 1 is 0.414 bits per heavy atom. The quantitative estimate of drug-likeness (QED) is 0.118. The topological polar surface area (TPSA) is 44.8 Å². The summed E-state index contributed by atoms with van der Waals surface area (Å²) >= 11 is 1.87. The highest BCUT2D eigenvalue weighted by Crippen LogP contribution is 2.56. The summed E-state index contributed by atoms with van der Waals surface area (Å²) in [6.45, 7) is 0. The average Bonchev–Trinajstić information content (AvgIpc) is 4.23. The number of rotatable bonds is 7. The van der Waals surface area contributed by atoms with Crippen molar-refractivity contribution in [2.24, 2.45) is 0 Å². The number of aromatic nitrogens is 4. The summed E-state index contributed by atoms with van der Waals surface area (Å²) < 4.78 is 7.14. The third-order valence-corrected chi connectivity index (χ3v) is 20.6. The molecule has 13 aromatic rings. The van der Waals surface area contributed by atoms with Gasteiger partial charge in [0, 0.05) is 33.0 Å². The summed E-state index contributed by atoms with van der Waals surface area (Å²) in [4.78, 5) is 18.4. The van der Waals surface area contributed by atoms with Crippen LogP contribution >= 0.6 is 11.3 Å². The van der Waals surface area contributed by atoms with Gasteiger partial charge in [0.25, 0.3) is 0 Å². The fourth-order valence-electron chi connectivity index (χ4n) is 11.7. The zero-order valence-electron chi connectivity index (χ0n) is 37.7. The van der Waals surface area contributed by atoms with E-state index in [2.05, 4.69) is 260 Å². The van der Waals surface area contributed by atoms with Crippen molar-refractivity contribution in [2.45, 2.75) is 0 Å². The lowest BCUT2D eigenvalue weighted by molar-refractivity contribution is 1.11. The van der Waals surface area contributed by atoms with Crippen LogP contribution in [0.2, 0.25) is 0 Å². The van der Waals surface area contributed by atoms with Crippen LogP contribution in [0.5, 0.6) is 0 Å². The van der Waals surface area contributed by atoms with Gasteiger partial charge in [-0.05, 0) is 107 Å². The Balaban J connectivity index is 0.964. The van der Waals surface area contributed by atoms with E-state index in [4.69, 9.17) is 9.97 Å². The van der Waals surface area contributed by atoms with Crippen LogP contribution in [-0.2, 0) is 0 Å². The molecule has 0 spiro atoms. The van der Waals surface area contributed by atoms with Crippen molar-refractivity contribution in [1.82, 2.24) is 18.9 Å². The molecule has 9 aromatic carbocycles. The van der Waals surface area contributed by atoms with Crippen molar-refractivity contribution in [3.63, 3.8) is 0 Å². The third-order valence-electron chi connectivity index (χ3n) is 14.6. The van der Waals surface area contributed by atoms with Gasteiger partial charge in [0.15, 0.2) is 0 Å². The van der Waals surface area contributed by atoms with Gasteiger partial charge in [-0.25, -0.2) is 4.98 Å². The van der Waals surface area contributed by atoms with E-state index >= 15 is 0 Å². The molecule has 0 saturated carbocycles. The normalized spacial score (nSPS) is 13.3. The number of para-hydroxylation sites is 7. The number of hydrogen-bond acceptors (Lipinski definition) is 6. The Morgan fingerprint density at radius 3 is 1.80 bits per heavy atom. The maximum atomic E-state index is 5.51. The van der Waals surface area contributed by atoms with Gasteiger partial charge in [-0.3, -0.25) is 14.0 Å². The highest BCUT2D eigenvalue weighted by molar-refractivity contribution is 7.30. The molecule has 4 aromatic heterocycles. The number of hydrogen-bond donors (Lipinski definition) is 0. The fourth-order valence-corrected chi connectivity index (χ4v) is 18.1. The maximum absolute atomic E-state index is 5.51. The smallest absolute Gasteiger partial charge is 0.344 e. The van der Waals surface area contributed by atoms with Crippen molar-refractivity contribution in [3.8, 4) is 5.69 Å². The van der Waals surface area contributed by atoms with Gasteiger partial charge in [-0.15, -0.1) is 11.3 Å². The number of anilines is 6. The SMILES string of the molecule is c1ccc(N2B3N(c4cccc([Si](c5ccccc5)(c5ccccc5)c5nccc6c5sc5ccccc56)c4)c4ccccc4N3c3cc(-n4c5ccccc5n5c6ccccc6nc45)ccc32)cc1. The molecule has 0 radical (unpaired) electrons. The molecule has 0 amide bonds. The van der Waals surface area contributed by atoms with Crippen molar-refractivity contribution < 1.29 is 0 Å². The molecular formula is C60H40BN7SSi. The largest absolute Gasteiger partial charge is 0.519 e. The molecule has 0 bridgehead atoms. The predicted molar refractivity (Wildman–Crippen MR) is 295 cm³/mol. The van der Waals surface area contributed by atoms with Gasteiger partial charge in [0.2, 0.25) is 13.9 Å². The first kappa shape index (κ1) is 39.3. The first-order valence-electron chi connectivity index (χ1n) is 23.8. The van der Waals surface area contributed by atoms with E-state index < -0.39 is 8.07 Å². The van der Waals surface area contributed by atoms with Gasteiger partial charge in [0.05, 0.1) is 60.5 Å². The molecule has 6 heterocycles. The monoisotopic (exact) mass is 929 g/mol. The summed E-state index contributed by atoms with van der Waals surface area (Å²) in [5.74, 6) is 0.891. The van der Waals surface area contributed by atoms with Crippen LogP contribution in [0.15, 0.2) is 243 Å². The molecular weight excluding hydrogens is 890 g/mol. The van der Waals surface area contributed by atoms with E-state index in [1.54, 1.807) is 0 Å². The molecule has 0 saturated heterocycles. The molecule has 2 aliphatic heterocycles. The zero-order chi connectivity index (χ0) is 45.9. The van der Waals surface area contributed by atoms with E-state index in [0.717, 1.165) is 73.0 Å². The molecule has 0 fully saturated rings. The Hall–Kier alpha value is -8.70. The molecule has 0 aliphatic carbocycles. The second kappa shape index (κ2) is 15.2. The van der Waals surface area contributed by atoms with Gasteiger partial charge < -0.3 is 14.4 Å². The molecule has 0 unspecified atom stereocenters. The van der Waals surface area contributed by atoms with Crippen LogP contribution in [0.25, 0.3) is 53.7 Å². The Bertz CT molecular complexity index is 4150. The van der Waals surface area contributed by atoms with E-state index in [9.17, 15) is 0 Å². The number of thiophene rings is 1. The molecule has 0 atom stereocenters. The molecule has 10 heteroatoms. The summed E-state index contributed by atoms with van der Waals surface area (Å²) in [5, 5.41) is 7.55. The summed E-state index contributed by atoms with van der Waals surface area (Å²) in [7, 11) is -3.40. The van der Waals surface area contributed by atoms with Crippen molar-refractivity contribution >= 4 is 130 Å². The Morgan fingerprint density at radius 2 is 1.01 bits per heavy atom. The van der Waals surface area contributed by atoms with Crippen LogP contribution < -0.4 is 35.3 Å². The fraction of sp³-hybridized carbons (Fsp3) is 0. The number of fused-ring (bicyclic) bond motifs is 13. The van der Waals surface area contributed by atoms with Crippen molar-refractivity contribution in [3.05, 3.63) is 243 Å². The highest BCUT2D eigenvalue weighted by atomic mass is 32.1. The van der Waals surface area contributed by atoms with Crippen LogP contribution in [0, 0.1) is 0 Å². The van der Waals surface area contributed by atoms with Crippen LogP contribution in [-0.4, -0.2) is 34.1 Å². The van der Waals surface area contributed by atoms with Gasteiger partial charge in [-0.1, -0.05) is 146 Å². The molecule has 0 N–H and O–H groups in total. The molecule has 15 rings (SSSR count). The van der Waals surface area contributed by atoms with Crippen LogP contribution in [0.1, 0.15) is 0 Å². The number of benzene rings is 9. The molecule has 70 heavy (non-hydrogen) atoms. The second-order valence-corrected chi connectivity index (χ2v) is 22.9. The van der Waals surface area contributed by atoms with Crippen LogP contribution in [0.4, 0.5) is 34.1 Å². The van der Waals surface area contributed by atoms with E-state index in [1.807, 2.05) is 17.5 Å². The standard InChI is InChI=1S/C60H40BN7SSi/c1-4-19-41(20-5-1)66-55-36-35-42(64-51-30-13-14-31-52(51)65-50-29-12-11-28-49(50)63-60(64)65)40-56(55)68-54-33-16-15-32-53(54)67(61(66)68)43-21-18-26-46(39-43)70(44-22-6-2-7-23-44,45-24-8-3-9-25-45)59-58-48(37-38-62-59)47-27-10-17-34-57(47)69-58/h1-40H. The minimum absolute atomic E-state index is 0.260. The number of nitrogens with zero attached hydrogens (tertiary/aromatic N) is 7. The first-order chi connectivity index (χ1) is 34.8. The van der Waals surface area contributed by atoms with E-state index in [1.165, 1.54) is 35.7 Å². The lowest BCUT2D eigenvalue weighted by Gasteiger charge is -2.35. The maximum Gasteiger partial charge on any atom is 0.519 e. The third kappa shape index (κ3) is 5.45. The molecule has 328 valence electrons. The number of imidazole rings is 2. The zero-order valence-corrected chi connectivity index (χ0v) is 39.5. The van der Waals surface area contributed by atoms with E-state index in [-0.39, 0.29) is 7.12 Å². The lowest BCUT2D eigenvalue weighted by Crippen LogP contribution is -2.75. The predicted octanol–water partition coefficient (Wildman–Crippen LogP) is 12.0. The molecule has 2 aliphatic rings. The minimum Gasteiger partial charge on any atom is -0.344 e. The average molecular weight is 930 g/mol. The Kier molecular flexibility index (Phi) is 8.51. The van der Waals surface area contributed by atoms with Crippen molar-refractivity contribution in [1.29, 1.82) is 0 Å². The van der Waals surface area contributed by atoms with Crippen LogP contribution in [0.3, 0.4) is 0 Å². The van der Waals surface area contributed by atoms with Crippen molar-refractivity contribution in [2.75, 3.05) is 14.4 Å². The van der Waals surface area contributed by atoms with Gasteiger partial charge in [-0.2, -0.15) is 0 Å². The summed E-state index contributed by atoms with van der Waals surface area (Å²) in [5.41, 5.74) is 12.1. The van der Waals surface area contributed by atoms with E-state index in [0.29, 0.717) is 0 Å². The lowest BCUT2D eigenvalue weighted by atomic mass is 9.86. The van der Waals surface area contributed by atoms with Gasteiger partial charge in [0.1, 0.15) is 0 Å². The Labute approximate surface area is 409 Å². The molecule has 7 nitrogen and oxygen atoms in total. The summed E-state index contributed by atoms with van der Waals surface area (Å²) in [6.07, 6.45) is 2.04. The van der Waals surface area contributed by atoms with Gasteiger partial charge >= 0.3 is 7.12 Å². The second-order valence-electron chi connectivity index (χ2n) is 18.2.